The minimum absolute atomic E-state index is 0.0745. The Hall–Kier alpha value is -1.65. The Bertz CT molecular complexity index is 1000. The van der Waals surface area contributed by atoms with Crippen LogP contribution in [0.3, 0.4) is 0 Å². The van der Waals surface area contributed by atoms with Crippen LogP contribution < -0.4 is 5.32 Å². The lowest BCUT2D eigenvalue weighted by Gasteiger charge is -2.19. The Labute approximate surface area is 394 Å². The summed E-state index contributed by atoms with van der Waals surface area (Å²) in [5, 5.41) is 23.0. The highest BCUT2D eigenvalue weighted by Gasteiger charge is 2.18. The molecule has 0 saturated carbocycles. The molecule has 2 atom stereocenters. The molecule has 4 nitrogen and oxygen atoms in total. The molecule has 370 valence electrons. The van der Waals surface area contributed by atoms with Crippen LogP contribution in [0.1, 0.15) is 303 Å². The monoisotopic (exact) mass is 882 g/mol. The molecule has 0 radical (unpaired) electrons. The number of unbranched alkanes of at least 4 members (excludes halogenated alkanes) is 39. The number of nitrogens with one attached hydrogen (secondary N) is 1. The molecule has 0 bridgehead atoms. The van der Waals surface area contributed by atoms with Gasteiger partial charge in [0.05, 0.1) is 18.8 Å². The molecule has 0 rings (SSSR count). The molecule has 63 heavy (non-hydrogen) atoms. The highest BCUT2D eigenvalue weighted by atomic mass is 16.3. The lowest BCUT2D eigenvalue weighted by molar-refractivity contribution is -0.123. The Kier molecular flexibility index (Phi) is 53.3. The van der Waals surface area contributed by atoms with E-state index in [1.165, 1.54) is 244 Å². The van der Waals surface area contributed by atoms with Crippen LogP contribution >= 0.6 is 0 Å². The molecule has 0 heterocycles. The van der Waals surface area contributed by atoms with E-state index < -0.39 is 12.1 Å². The van der Waals surface area contributed by atoms with Crippen LogP contribution in [0.5, 0.6) is 0 Å². The maximum Gasteiger partial charge on any atom is 0.220 e. The molecule has 2 unspecified atom stereocenters. The fraction of sp³-hybridized carbons (Fsp3) is 0.847. The number of hydrogen-bond donors (Lipinski definition) is 3. The van der Waals surface area contributed by atoms with Gasteiger partial charge in [-0.3, -0.25) is 4.79 Å². The van der Waals surface area contributed by atoms with Crippen LogP contribution in [-0.2, 0) is 4.79 Å². The smallest absolute Gasteiger partial charge is 0.220 e. The van der Waals surface area contributed by atoms with Crippen LogP contribution in [0.25, 0.3) is 0 Å². The van der Waals surface area contributed by atoms with Gasteiger partial charge in [0, 0.05) is 6.42 Å². The van der Waals surface area contributed by atoms with Gasteiger partial charge in [0.25, 0.3) is 0 Å². The Morgan fingerprint density at radius 2 is 0.619 bits per heavy atom. The standard InChI is InChI=1S/C59H111NO3/c1-3-5-7-9-11-13-15-17-19-20-21-22-23-24-25-26-27-28-29-30-31-32-33-34-35-36-37-38-39-40-41-43-45-47-49-51-53-55-59(63)60-57(56-61)58(62)54-52-50-48-46-44-42-18-16-14-12-10-8-6-4-2/h14,16,20-21,44,46,52,54,57-58,61-62H,3-13,15,17-19,22-43,45,47-51,53,55-56H2,1-2H3,(H,60,63)/b16-14+,21-20-,46-44+,54-52+. The second-order valence-electron chi connectivity index (χ2n) is 19.3. The predicted molar refractivity (Wildman–Crippen MR) is 281 cm³/mol. The van der Waals surface area contributed by atoms with E-state index in [1.807, 2.05) is 6.08 Å². The molecule has 0 aromatic carbocycles. The van der Waals surface area contributed by atoms with Crippen LogP contribution in [0, 0.1) is 0 Å². The minimum Gasteiger partial charge on any atom is -0.394 e. The zero-order valence-corrected chi connectivity index (χ0v) is 42.6. The van der Waals surface area contributed by atoms with Gasteiger partial charge in [-0.25, -0.2) is 0 Å². The van der Waals surface area contributed by atoms with E-state index in [2.05, 4.69) is 55.6 Å². The SMILES string of the molecule is CCCCCC/C=C/CC/C=C/CC/C=C/C(O)C(CO)NC(=O)CCCCCCCCCCCCCCCCCCCCCCCCCCC/C=C\CCCCCCCCCC. The molecule has 0 aliphatic heterocycles. The van der Waals surface area contributed by atoms with Crippen molar-refractivity contribution in [2.45, 2.75) is 315 Å². The Morgan fingerprint density at radius 3 is 0.937 bits per heavy atom. The maximum atomic E-state index is 12.4. The summed E-state index contributed by atoms with van der Waals surface area (Å²) in [5.74, 6) is -0.0745. The summed E-state index contributed by atoms with van der Waals surface area (Å²) in [5.41, 5.74) is 0. The van der Waals surface area contributed by atoms with Gasteiger partial charge >= 0.3 is 0 Å². The average Bonchev–Trinajstić information content (AvgIpc) is 3.29. The second-order valence-corrected chi connectivity index (χ2v) is 19.3. The van der Waals surface area contributed by atoms with Crippen molar-refractivity contribution in [3.8, 4) is 0 Å². The number of carbonyl (C=O) groups excluding carboxylic acids is 1. The maximum absolute atomic E-state index is 12.4. The first-order valence-corrected chi connectivity index (χ1v) is 28.4. The predicted octanol–water partition coefficient (Wildman–Crippen LogP) is 18.6. The molecule has 0 saturated heterocycles. The van der Waals surface area contributed by atoms with Gasteiger partial charge in [0.2, 0.25) is 5.91 Å². The van der Waals surface area contributed by atoms with Crippen molar-refractivity contribution < 1.29 is 15.0 Å². The molecule has 1 amide bonds. The van der Waals surface area contributed by atoms with Gasteiger partial charge in [0.1, 0.15) is 0 Å². The van der Waals surface area contributed by atoms with E-state index in [9.17, 15) is 15.0 Å². The third-order valence-corrected chi connectivity index (χ3v) is 13.0. The summed E-state index contributed by atoms with van der Waals surface area (Å²) >= 11 is 0. The first-order chi connectivity index (χ1) is 31.2. The fourth-order valence-electron chi connectivity index (χ4n) is 8.68. The van der Waals surface area contributed by atoms with Crippen molar-refractivity contribution in [3.63, 3.8) is 0 Å². The normalized spacial score (nSPS) is 13.1. The van der Waals surface area contributed by atoms with Gasteiger partial charge in [-0.2, -0.15) is 0 Å². The Morgan fingerprint density at radius 1 is 0.365 bits per heavy atom. The highest BCUT2D eigenvalue weighted by molar-refractivity contribution is 5.76. The quantitative estimate of drug-likeness (QED) is 0.0421. The van der Waals surface area contributed by atoms with Crippen LogP contribution in [0.4, 0.5) is 0 Å². The Balaban J connectivity index is 3.41. The number of hydrogen-bond acceptors (Lipinski definition) is 3. The minimum atomic E-state index is -0.868. The molecule has 0 aliphatic carbocycles. The van der Waals surface area contributed by atoms with Crippen molar-refractivity contribution >= 4 is 5.91 Å². The molecule has 0 spiro atoms. The zero-order chi connectivity index (χ0) is 45.6. The van der Waals surface area contributed by atoms with Gasteiger partial charge in [-0.15, -0.1) is 0 Å². The van der Waals surface area contributed by atoms with E-state index in [-0.39, 0.29) is 12.5 Å². The molecule has 0 fully saturated rings. The number of aliphatic hydroxyl groups is 2. The molecule has 4 heteroatoms. The number of aliphatic hydroxyl groups excluding tert-OH is 2. The number of rotatable bonds is 52. The third-order valence-electron chi connectivity index (χ3n) is 13.0. The van der Waals surface area contributed by atoms with Crippen LogP contribution in [0.2, 0.25) is 0 Å². The number of allylic oxidation sites excluding steroid dienone is 7. The van der Waals surface area contributed by atoms with Gasteiger partial charge in [-0.05, 0) is 70.6 Å². The van der Waals surface area contributed by atoms with E-state index in [0.29, 0.717) is 6.42 Å². The largest absolute Gasteiger partial charge is 0.394 e. The van der Waals surface area contributed by atoms with E-state index in [4.69, 9.17) is 0 Å². The summed E-state index contributed by atoms with van der Waals surface area (Å²) in [6.07, 6.45) is 75.8. The zero-order valence-electron chi connectivity index (χ0n) is 42.6. The average molecular weight is 883 g/mol. The van der Waals surface area contributed by atoms with Gasteiger partial charge < -0.3 is 15.5 Å². The molecular weight excluding hydrogens is 771 g/mol. The van der Waals surface area contributed by atoms with Crippen LogP contribution in [0.15, 0.2) is 48.6 Å². The first-order valence-electron chi connectivity index (χ1n) is 28.4. The van der Waals surface area contributed by atoms with E-state index in [1.54, 1.807) is 6.08 Å². The lowest BCUT2D eigenvalue weighted by atomic mass is 10.0. The summed E-state index contributed by atoms with van der Waals surface area (Å²) in [6, 6.07) is -0.644. The topological polar surface area (TPSA) is 69.6 Å². The van der Waals surface area contributed by atoms with Crippen LogP contribution in [-0.4, -0.2) is 34.9 Å². The van der Waals surface area contributed by atoms with Crippen molar-refractivity contribution in [1.82, 2.24) is 5.32 Å². The summed E-state index contributed by atoms with van der Waals surface area (Å²) in [4.78, 5) is 12.4. The highest BCUT2D eigenvalue weighted by Crippen LogP contribution is 2.17. The van der Waals surface area contributed by atoms with Crippen molar-refractivity contribution in [3.05, 3.63) is 48.6 Å². The lowest BCUT2D eigenvalue weighted by Crippen LogP contribution is -2.45. The first kappa shape index (κ1) is 61.4. The summed E-state index contributed by atoms with van der Waals surface area (Å²) in [6.45, 7) is 4.29. The molecule has 0 aliphatic rings. The summed E-state index contributed by atoms with van der Waals surface area (Å²) < 4.78 is 0. The van der Waals surface area contributed by atoms with Crippen molar-refractivity contribution in [1.29, 1.82) is 0 Å². The fourth-order valence-corrected chi connectivity index (χ4v) is 8.68. The third kappa shape index (κ3) is 51.2. The van der Waals surface area contributed by atoms with Crippen molar-refractivity contribution in [2.24, 2.45) is 0 Å². The van der Waals surface area contributed by atoms with E-state index in [0.717, 1.165) is 38.5 Å². The van der Waals surface area contributed by atoms with E-state index >= 15 is 0 Å². The van der Waals surface area contributed by atoms with Gasteiger partial charge in [-0.1, -0.05) is 274 Å². The number of carbonyl (C=O) groups is 1. The summed E-state index contributed by atoms with van der Waals surface area (Å²) in [7, 11) is 0. The number of amides is 1. The van der Waals surface area contributed by atoms with Crippen molar-refractivity contribution in [2.75, 3.05) is 6.61 Å². The molecule has 0 aromatic rings. The molecular formula is C59H111NO3. The van der Waals surface area contributed by atoms with Gasteiger partial charge in [0.15, 0.2) is 0 Å². The molecule has 3 N–H and O–H groups in total. The second kappa shape index (κ2) is 54.7. The molecule has 0 aromatic heterocycles.